The first-order valence-corrected chi connectivity index (χ1v) is 6.24. The molecule has 0 aromatic heterocycles. The van der Waals surface area contributed by atoms with Crippen molar-refractivity contribution in [2.75, 3.05) is 19.6 Å². The van der Waals surface area contributed by atoms with Crippen molar-refractivity contribution >= 4 is 5.91 Å². The van der Waals surface area contributed by atoms with Crippen LogP contribution in [-0.4, -0.2) is 36.5 Å². The highest BCUT2D eigenvalue weighted by atomic mass is 16.2. The highest BCUT2D eigenvalue weighted by Gasteiger charge is 2.28. The van der Waals surface area contributed by atoms with Gasteiger partial charge in [-0.3, -0.25) is 4.79 Å². The van der Waals surface area contributed by atoms with Crippen molar-refractivity contribution in [3.63, 3.8) is 0 Å². The van der Waals surface area contributed by atoms with Gasteiger partial charge in [0.25, 0.3) is 0 Å². The molecule has 0 bridgehead atoms. The Morgan fingerprint density at radius 2 is 2.19 bits per heavy atom. The highest BCUT2D eigenvalue weighted by Crippen LogP contribution is 2.30. The smallest absolute Gasteiger partial charge is 0.234 e. The molecule has 3 heteroatoms. The lowest BCUT2D eigenvalue weighted by atomic mass is 10.2. The van der Waals surface area contributed by atoms with E-state index >= 15 is 0 Å². The molecule has 16 heavy (non-hydrogen) atoms. The maximum absolute atomic E-state index is 11.8. The monoisotopic (exact) mass is 220 g/mol. The topological polar surface area (TPSA) is 32.3 Å². The van der Waals surface area contributed by atoms with Crippen molar-refractivity contribution in [2.24, 2.45) is 5.92 Å². The molecular formula is C13H20N2O. The van der Waals surface area contributed by atoms with E-state index in [1.54, 1.807) is 0 Å². The molecule has 0 spiro atoms. The van der Waals surface area contributed by atoms with Gasteiger partial charge in [-0.2, -0.15) is 0 Å². The van der Waals surface area contributed by atoms with E-state index in [-0.39, 0.29) is 12.3 Å². The van der Waals surface area contributed by atoms with E-state index in [9.17, 15) is 4.79 Å². The molecule has 3 nitrogen and oxygen atoms in total. The first kappa shape index (κ1) is 11.5. The number of carbonyl (C=O) groups is 1. The van der Waals surface area contributed by atoms with Crippen LogP contribution in [0.3, 0.4) is 0 Å². The molecule has 1 aliphatic carbocycles. The lowest BCUT2D eigenvalue weighted by molar-refractivity contribution is -0.130. The molecule has 1 N–H and O–H groups in total. The molecule has 1 saturated heterocycles. The number of amides is 1. The van der Waals surface area contributed by atoms with Crippen LogP contribution in [0.1, 0.15) is 32.1 Å². The summed E-state index contributed by atoms with van der Waals surface area (Å²) in [6.07, 6.45) is 10.4. The average molecular weight is 220 g/mol. The summed E-state index contributed by atoms with van der Waals surface area (Å²) in [6.45, 7) is 2.85. The van der Waals surface area contributed by atoms with E-state index in [4.69, 9.17) is 6.42 Å². The number of hydrogen-bond acceptors (Lipinski definition) is 2. The van der Waals surface area contributed by atoms with Crippen molar-refractivity contribution < 1.29 is 4.79 Å². The summed E-state index contributed by atoms with van der Waals surface area (Å²) in [5.74, 6) is 3.32. The van der Waals surface area contributed by atoms with Gasteiger partial charge in [0.1, 0.15) is 0 Å². The summed E-state index contributed by atoms with van der Waals surface area (Å²) >= 11 is 0. The van der Waals surface area contributed by atoms with Gasteiger partial charge in [0, 0.05) is 19.1 Å². The summed E-state index contributed by atoms with van der Waals surface area (Å²) in [5, 5.41) is 3.43. The van der Waals surface area contributed by atoms with Crippen molar-refractivity contribution in [1.82, 2.24) is 10.2 Å². The molecule has 2 rings (SSSR count). The Kier molecular flexibility index (Phi) is 3.84. The fraction of sp³-hybridized carbons (Fsp3) is 0.769. The molecule has 2 fully saturated rings. The van der Waals surface area contributed by atoms with E-state index in [2.05, 4.69) is 11.2 Å². The van der Waals surface area contributed by atoms with Gasteiger partial charge >= 0.3 is 0 Å². The Bertz CT molecular complexity index is 285. The Morgan fingerprint density at radius 1 is 1.38 bits per heavy atom. The van der Waals surface area contributed by atoms with Crippen LogP contribution in [0, 0.1) is 18.3 Å². The highest BCUT2D eigenvalue weighted by molar-refractivity contribution is 5.78. The first-order valence-electron chi connectivity index (χ1n) is 6.24. The average Bonchev–Trinajstić information content (AvgIpc) is 2.92. The molecule has 1 amide bonds. The van der Waals surface area contributed by atoms with E-state index in [0.717, 1.165) is 25.6 Å². The summed E-state index contributed by atoms with van der Waals surface area (Å²) in [4.78, 5) is 13.8. The normalized spacial score (nSPS) is 24.1. The molecule has 2 aliphatic rings. The predicted molar refractivity (Wildman–Crippen MR) is 63.8 cm³/mol. The van der Waals surface area contributed by atoms with Gasteiger partial charge in [-0.1, -0.05) is 5.92 Å². The van der Waals surface area contributed by atoms with Gasteiger partial charge in [0.05, 0.1) is 6.42 Å². The lowest BCUT2D eigenvalue weighted by Gasteiger charge is -2.25. The predicted octanol–water partition coefficient (Wildman–Crippen LogP) is 1.00. The van der Waals surface area contributed by atoms with Gasteiger partial charge in [0.15, 0.2) is 0 Å². The molecule has 0 aromatic rings. The minimum atomic E-state index is 0.128. The maximum atomic E-state index is 11.8. The van der Waals surface area contributed by atoms with Crippen LogP contribution in [0.15, 0.2) is 0 Å². The van der Waals surface area contributed by atoms with Crippen LogP contribution in [-0.2, 0) is 4.79 Å². The van der Waals surface area contributed by atoms with Crippen LogP contribution in [0.5, 0.6) is 0 Å². The number of hydrogen-bond donors (Lipinski definition) is 1. The third kappa shape index (κ3) is 3.24. The minimum Gasteiger partial charge on any atom is -0.340 e. The molecule has 1 atom stereocenters. The SMILES string of the molecule is C#CCC(=O)N(CC1CC1)CC1CCCN1. The number of carbonyl (C=O) groups excluding carboxylic acids is 1. The second-order valence-electron chi connectivity index (χ2n) is 4.92. The summed E-state index contributed by atoms with van der Waals surface area (Å²) in [6, 6.07) is 0.487. The van der Waals surface area contributed by atoms with Crippen LogP contribution < -0.4 is 5.32 Å². The number of terminal acetylenes is 1. The van der Waals surface area contributed by atoms with Crippen molar-refractivity contribution in [3.05, 3.63) is 0 Å². The Hall–Kier alpha value is -1.01. The van der Waals surface area contributed by atoms with Gasteiger partial charge in [-0.05, 0) is 38.1 Å². The van der Waals surface area contributed by atoms with E-state index in [1.807, 2.05) is 4.90 Å². The van der Waals surface area contributed by atoms with Crippen LogP contribution in [0.2, 0.25) is 0 Å². The third-order valence-electron chi connectivity index (χ3n) is 3.38. The maximum Gasteiger partial charge on any atom is 0.234 e. The van der Waals surface area contributed by atoms with E-state index < -0.39 is 0 Å². The summed E-state index contributed by atoms with van der Waals surface area (Å²) < 4.78 is 0. The number of rotatable bonds is 5. The summed E-state index contributed by atoms with van der Waals surface area (Å²) in [7, 11) is 0. The molecule has 0 aromatic carbocycles. The second-order valence-corrected chi connectivity index (χ2v) is 4.92. The standard InChI is InChI=1S/C13H20N2O/c1-2-4-13(16)15(9-11-6-7-11)10-12-5-3-8-14-12/h1,11-12,14H,3-10H2. The third-order valence-corrected chi connectivity index (χ3v) is 3.38. The molecule has 1 heterocycles. The number of nitrogens with zero attached hydrogens (tertiary/aromatic N) is 1. The zero-order chi connectivity index (χ0) is 11.4. The van der Waals surface area contributed by atoms with Crippen LogP contribution in [0.25, 0.3) is 0 Å². The quantitative estimate of drug-likeness (QED) is 0.701. The largest absolute Gasteiger partial charge is 0.340 e. The van der Waals surface area contributed by atoms with E-state index in [1.165, 1.54) is 25.7 Å². The zero-order valence-corrected chi connectivity index (χ0v) is 9.74. The van der Waals surface area contributed by atoms with E-state index in [0.29, 0.717) is 6.04 Å². The van der Waals surface area contributed by atoms with Crippen molar-refractivity contribution in [1.29, 1.82) is 0 Å². The van der Waals surface area contributed by atoms with Gasteiger partial charge in [-0.15, -0.1) is 6.42 Å². The van der Waals surface area contributed by atoms with Crippen molar-refractivity contribution in [2.45, 2.75) is 38.1 Å². The van der Waals surface area contributed by atoms with Crippen LogP contribution >= 0.6 is 0 Å². The summed E-state index contributed by atoms with van der Waals surface area (Å²) in [5.41, 5.74) is 0. The Balaban J connectivity index is 1.84. The number of nitrogens with one attached hydrogen (secondary N) is 1. The van der Waals surface area contributed by atoms with Crippen molar-refractivity contribution in [3.8, 4) is 12.3 Å². The molecular weight excluding hydrogens is 200 g/mol. The second kappa shape index (κ2) is 5.36. The molecule has 1 aliphatic heterocycles. The van der Waals surface area contributed by atoms with Gasteiger partial charge in [-0.25, -0.2) is 0 Å². The lowest BCUT2D eigenvalue weighted by Crippen LogP contribution is -2.42. The Labute approximate surface area is 97.6 Å². The zero-order valence-electron chi connectivity index (χ0n) is 9.74. The van der Waals surface area contributed by atoms with Gasteiger partial charge < -0.3 is 10.2 Å². The molecule has 1 unspecified atom stereocenters. The Morgan fingerprint density at radius 3 is 2.75 bits per heavy atom. The van der Waals surface area contributed by atoms with Gasteiger partial charge in [0.2, 0.25) is 5.91 Å². The minimum absolute atomic E-state index is 0.128. The fourth-order valence-electron chi connectivity index (χ4n) is 2.27. The molecule has 88 valence electrons. The first-order chi connectivity index (χ1) is 7.79. The molecule has 1 saturated carbocycles. The fourth-order valence-corrected chi connectivity index (χ4v) is 2.27. The van der Waals surface area contributed by atoms with Crippen LogP contribution in [0.4, 0.5) is 0 Å². The molecule has 0 radical (unpaired) electrons.